The summed E-state index contributed by atoms with van der Waals surface area (Å²) in [4.78, 5) is 27.8. The molecular formula is C25H24ClF3N4O2. The molecule has 2 atom stereocenters. The molecule has 2 amide bonds. The number of anilines is 2. The highest BCUT2D eigenvalue weighted by Crippen LogP contribution is 2.35. The van der Waals surface area contributed by atoms with Gasteiger partial charge in [0.1, 0.15) is 5.69 Å². The van der Waals surface area contributed by atoms with Gasteiger partial charge in [-0.25, -0.2) is 4.98 Å². The molecule has 6 nitrogen and oxygen atoms in total. The summed E-state index contributed by atoms with van der Waals surface area (Å²) in [5.41, 5.74) is 0.471. The second-order valence-corrected chi connectivity index (χ2v) is 9.09. The third kappa shape index (κ3) is 6.22. The van der Waals surface area contributed by atoms with Crippen LogP contribution in [0.4, 0.5) is 24.5 Å². The van der Waals surface area contributed by atoms with E-state index in [9.17, 15) is 22.8 Å². The third-order valence-corrected chi connectivity index (χ3v) is 6.11. The van der Waals surface area contributed by atoms with Crippen LogP contribution in [0.15, 0.2) is 48.5 Å². The van der Waals surface area contributed by atoms with E-state index in [0.29, 0.717) is 33.8 Å². The van der Waals surface area contributed by atoms with Gasteiger partial charge in [0.15, 0.2) is 0 Å². The van der Waals surface area contributed by atoms with Crippen LogP contribution in [0.5, 0.6) is 0 Å². The van der Waals surface area contributed by atoms with Gasteiger partial charge < -0.3 is 16.0 Å². The SMILES string of the molecule is CC(=O)Nc1cccc(C(=O)N[C@@H]2CCC[C@H](Nc3cc(C(F)(F)F)nc4ccc(Cl)cc34)C2)c1. The molecule has 1 fully saturated rings. The smallest absolute Gasteiger partial charge is 0.382 e. The normalized spacial score (nSPS) is 18.2. The van der Waals surface area contributed by atoms with Crippen LogP contribution in [0.25, 0.3) is 10.9 Å². The Labute approximate surface area is 205 Å². The first-order chi connectivity index (χ1) is 16.6. The van der Waals surface area contributed by atoms with Crippen LogP contribution in [-0.2, 0) is 11.0 Å². The van der Waals surface area contributed by atoms with Crippen molar-refractivity contribution >= 4 is 45.7 Å². The van der Waals surface area contributed by atoms with Crippen LogP contribution in [-0.4, -0.2) is 28.9 Å². The monoisotopic (exact) mass is 504 g/mol. The zero-order valence-corrected chi connectivity index (χ0v) is 19.6. The van der Waals surface area contributed by atoms with Crippen molar-refractivity contribution in [3.63, 3.8) is 0 Å². The van der Waals surface area contributed by atoms with E-state index in [-0.39, 0.29) is 29.4 Å². The molecule has 35 heavy (non-hydrogen) atoms. The van der Waals surface area contributed by atoms with E-state index in [1.165, 1.54) is 19.1 Å². The molecule has 2 aromatic carbocycles. The van der Waals surface area contributed by atoms with Crippen LogP contribution in [0.2, 0.25) is 5.02 Å². The van der Waals surface area contributed by atoms with Gasteiger partial charge in [0.25, 0.3) is 5.91 Å². The minimum absolute atomic E-state index is 0.148. The molecular weight excluding hydrogens is 481 g/mol. The third-order valence-electron chi connectivity index (χ3n) is 5.88. The number of halogens is 4. The zero-order chi connectivity index (χ0) is 25.2. The van der Waals surface area contributed by atoms with Crippen molar-refractivity contribution in [3.05, 3.63) is 64.8 Å². The molecule has 1 saturated carbocycles. The van der Waals surface area contributed by atoms with Crippen molar-refractivity contribution in [2.24, 2.45) is 0 Å². The number of nitrogens with zero attached hydrogens (tertiary/aromatic N) is 1. The van der Waals surface area contributed by atoms with Crippen molar-refractivity contribution in [1.29, 1.82) is 0 Å². The molecule has 3 aromatic rings. The minimum atomic E-state index is -4.58. The first kappa shape index (κ1) is 24.8. The molecule has 1 heterocycles. The summed E-state index contributed by atoms with van der Waals surface area (Å²) in [6, 6.07) is 11.9. The van der Waals surface area contributed by atoms with Gasteiger partial charge in [-0.2, -0.15) is 13.2 Å². The highest BCUT2D eigenvalue weighted by Gasteiger charge is 2.34. The molecule has 0 spiro atoms. The Balaban J connectivity index is 1.50. The molecule has 0 radical (unpaired) electrons. The van der Waals surface area contributed by atoms with E-state index in [2.05, 4.69) is 20.9 Å². The fourth-order valence-corrected chi connectivity index (χ4v) is 4.52. The minimum Gasteiger partial charge on any atom is -0.382 e. The maximum absolute atomic E-state index is 13.4. The highest BCUT2D eigenvalue weighted by molar-refractivity contribution is 6.31. The summed E-state index contributed by atoms with van der Waals surface area (Å²) in [6.45, 7) is 1.39. The van der Waals surface area contributed by atoms with Gasteiger partial charge in [0, 0.05) is 46.4 Å². The standard InChI is InChI=1S/C25H24ClF3N4O2/c1-14(34)30-17-5-2-4-15(10-17)24(35)32-19-7-3-6-18(12-19)31-22-13-23(25(27,28)29)33-21-9-8-16(26)11-20(21)22/h2,4-5,8-11,13,18-19H,3,6-7,12H2,1H3,(H,30,34)(H,31,33)(H,32,35)/t18-,19+/m0/s1. The van der Waals surface area contributed by atoms with Crippen molar-refractivity contribution in [2.75, 3.05) is 10.6 Å². The fraction of sp³-hybridized carbons (Fsp3) is 0.320. The Morgan fingerprint density at radius 2 is 1.83 bits per heavy atom. The second kappa shape index (κ2) is 10.1. The Morgan fingerprint density at radius 3 is 2.57 bits per heavy atom. The molecule has 4 rings (SSSR count). The maximum Gasteiger partial charge on any atom is 0.433 e. The van der Waals surface area contributed by atoms with Gasteiger partial charge in [0.05, 0.1) is 5.52 Å². The number of benzene rings is 2. The van der Waals surface area contributed by atoms with Gasteiger partial charge in [-0.05, 0) is 68.1 Å². The molecule has 3 N–H and O–H groups in total. The summed E-state index contributed by atoms with van der Waals surface area (Å²) in [6.07, 6.45) is -1.74. The predicted octanol–water partition coefficient (Wildman–Crippen LogP) is 6.02. The molecule has 0 bridgehead atoms. The summed E-state index contributed by atoms with van der Waals surface area (Å²) in [5.74, 6) is -0.509. The van der Waals surface area contributed by atoms with E-state index in [1.54, 1.807) is 30.3 Å². The second-order valence-electron chi connectivity index (χ2n) is 8.65. The number of carbonyl (C=O) groups excluding carboxylic acids is 2. The molecule has 1 aromatic heterocycles. The first-order valence-corrected chi connectivity index (χ1v) is 11.6. The van der Waals surface area contributed by atoms with Gasteiger partial charge in [-0.3, -0.25) is 9.59 Å². The van der Waals surface area contributed by atoms with Crippen LogP contribution < -0.4 is 16.0 Å². The molecule has 184 valence electrons. The van der Waals surface area contributed by atoms with Gasteiger partial charge in [-0.1, -0.05) is 17.7 Å². The van der Waals surface area contributed by atoms with E-state index in [4.69, 9.17) is 11.6 Å². The largest absolute Gasteiger partial charge is 0.433 e. The Morgan fingerprint density at radius 1 is 1.06 bits per heavy atom. The zero-order valence-electron chi connectivity index (χ0n) is 18.9. The van der Waals surface area contributed by atoms with Crippen LogP contribution in [0.1, 0.15) is 48.7 Å². The van der Waals surface area contributed by atoms with Crippen molar-refractivity contribution in [1.82, 2.24) is 10.3 Å². The van der Waals surface area contributed by atoms with Crippen LogP contribution in [0, 0.1) is 0 Å². The average Bonchev–Trinajstić information content (AvgIpc) is 2.78. The predicted molar refractivity (Wildman–Crippen MR) is 130 cm³/mol. The van der Waals surface area contributed by atoms with E-state index in [0.717, 1.165) is 25.3 Å². The van der Waals surface area contributed by atoms with Gasteiger partial charge >= 0.3 is 6.18 Å². The molecule has 1 aliphatic carbocycles. The van der Waals surface area contributed by atoms with Gasteiger partial charge in [-0.15, -0.1) is 0 Å². The number of fused-ring (bicyclic) bond motifs is 1. The van der Waals surface area contributed by atoms with Crippen molar-refractivity contribution in [3.8, 4) is 0 Å². The Kier molecular flexibility index (Phi) is 7.16. The molecule has 1 aliphatic rings. The number of pyridine rings is 1. The van der Waals surface area contributed by atoms with E-state index < -0.39 is 11.9 Å². The average molecular weight is 505 g/mol. The highest BCUT2D eigenvalue weighted by atomic mass is 35.5. The number of hydrogen-bond acceptors (Lipinski definition) is 4. The summed E-state index contributed by atoms with van der Waals surface area (Å²) in [7, 11) is 0. The molecule has 0 aliphatic heterocycles. The summed E-state index contributed by atoms with van der Waals surface area (Å²) >= 11 is 6.09. The number of carbonyl (C=O) groups is 2. The number of nitrogens with one attached hydrogen (secondary N) is 3. The lowest BCUT2D eigenvalue weighted by Gasteiger charge is -2.31. The van der Waals surface area contributed by atoms with E-state index in [1.807, 2.05) is 0 Å². The number of amides is 2. The van der Waals surface area contributed by atoms with Crippen LogP contribution >= 0.6 is 11.6 Å². The van der Waals surface area contributed by atoms with Crippen LogP contribution in [0.3, 0.4) is 0 Å². The topological polar surface area (TPSA) is 83.1 Å². The Hall–Kier alpha value is -3.33. The Bertz CT molecular complexity index is 1270. The van der Waals surface area contributed by atoms with Crippen molar-refractivity contribution in [2.45, 2.75) is 50.9 Å². The lowest BCUT2D eigenvalue weighted by molar-refractivity contribution is -0.140. The first-order valence-electron chi connectivity index (χ1n) is 11.2. The lowest BCUT2D eigenvalue weighted by atomic mass is 9.90. The number of alkyl halides is 3. The number of aromatic nitrogens is 1. The fourth-order valence-electron chi connectivity index (χ4n) is 4.34. The number of rotatable bonds is 5. The molecule has 0 unspecified atom stereocenters. The molecule has 0 saturated heterocycles. The van der Waals surface area contributed by atoms with E-state index >= 15 is 0 Å². The number of hydrogen-bond donors (Lipinski definition) is 3. The summed E-state index contributed by atoms with van der Waals surface area (Å²) in [5, 5.41) is 9.80. The van der Waals surface area contributed by atoms with Gasteiger partial charge in [0.2, 0.25) is 5.91 Å². The lowest BCUT2D eigenvalue weighted by Crippen LogP contribution is -2.41. The summed E-state index contributed by atoms with van der Waals surface area (Å²) < 4.78 is 40.3. The van der Waals surface area contributed by atoms with Crippen molar-refractivity contribution < 1.29 is 22.8 Å². The maximum atomic E-state index is 13.4. The quantitative estimate of drug-likeness (QED) is 0.397. The molecule has 10 heteroatoms.